The van der Waals surface area contributed by atoms with E-state index in [4.69, 9.17) is 11.5 Å². The Morgan fingerprint density at radius 3 is 1.15 bits per heavy atom. The van der Waals surface area contributed by atoms with Gasteiger partial charge in [0.2, 0.25) is 0 Å². The Hall–Kier alpha value is -2.74. The summed E-state index contributed by atoms with van der Waals surface area (Å²) in [5, 5.41) is 0. The Balaban J connectivity index is 1.50. The summed E-state index contributed by atoms with van der Waals surface area (Å²) in [6.45, 7) is 2.30. The Labute approximate surface area is 252 Å². The number of benzene rings is 3. The van der Waals surface area contributed by atoms with E-state index >= 15 is 0 Å². The van der Waals surface area contributed by atoms with Crippen LogP contribution in [0.5, 0.6) is 0 Å². The highest BCUT2D eigenvalue weighted by molar-refractivity contribution is 5.41. The van der Waals surface area contributed by atoms with E-state index in [0.29, 0.717) is 0 Å². The van der Waals surface area contributed by atoms with Crippen molar-refractivity contribution in [1.29, 1.82) is 0 Å². The molecule has 0 atom stereocenters. The maximum absolute atomic E-state index is 6.04. The lowest BCUT2D eigenvalue weighted by Crippen LogP contribution is -2.30. The van der Waals surface area contributed by atoms with Crippen LogP contribution >= 0.6 is 0 Å². The smallest absolute Gasteiger partial charge is 0.0314 e. The first kappa shape index (κ1) is 32.8. The van der Waals surface area contributed by atoms with Crippen molar-refractivity contribution in [3.05, 3.63) is 95.6 Å². The molecule has 0 spiro atoms. The largest absolute Gasteiger partial charge is 0.399 e. The minimum Gasteiger partial charge on any atom is -0.399 e. The molecule has 0 unspecified atom stereocenters. The highest BCUT2D eigenvalue weighted by Crippen LogP contribution is 2.38. The van der Waals surface area contributed by atoms with Gasteiger partial charge in [0.15, 0.2) is 0 Å². The third-order valence-corrected chi connectivity index (χ3v) is 8.85. The summed E-state index contributed by atoms with van der Waals surface area (Å²) in [5.41, 5.74) is 18.1. The second-order valence-corrected chi connectivity index (χ2v) is 12.7. The molecule has 41 heavy (non-hydrogen) atoms. The molecule has 0 radical (unpaired) electrons. The number of nitrogen functional groups attached to an aromatic ring is 2. The van der Waals surface area contributed by atoms with Crippen molar-refractivity contribution in [3.63, 3.8) is 0 Å². The molecule has 0 amide bonds. The molecule has 2 heteroatoms. The fraction of sp³-hybridized carbons (Fsp3) is 0.538. The van der Waals surface area contributed by atoms with E-state index in [1.54, 1.807) is 0 Å². The molecule has 224 valence electrons. The molecule has 3 rings (SSSR count). The van der Waals surface area contributed by atoms with Gasteiger partial charge in [0.1, 0.15) is 0 Å². The molecule has 0 aliphatic carbocycles. The van der Waals surface area contributed by atoms with Gasteiger partial charge in [-0.1, -0.05) is 158 Å². The van der Waals surface area contributed by atoms with E-state index in [-0.39, 0.29) is 5.41 Å². The molecule has 0 aromatic heterocycles. The molecule has 4 N–H and O–H groups in total. The van der Waals surface area contributed by atoms with Crippen LogP contribution in [0.2, 0.25) is 0 Å². The standard InChI is InChI=1S/C39H58N2/c1-2-3-4-5-6-7-8-9-10-11-12-13-14-15-19-30-39(31-34-20-17-16-18-21-34,32-35-22-26-37(40)27-23-35)33-36-24-28-38(41)29-25-36/h16-18,20-29H,2-15,19,30-33,40-41H2,1H3. The van der Waals surface area contributed by atoms with E-state index in [1.165, 1.54) is 119 Å². The lowest BCUT2D eigenvalue weighted by molar-refractivity contribution is 0.243. The van der Waals surface area contributed by atoms with Crippen LogP contribution < -0.4 is 11.5 Å². The van der Waals surface area contributed by atoms with Crippen molar-refractivity contribution in [3.8, 4) is 0 Å². The van der Waals surface area contributed by atoms with Crippen molar-refractivity contribution in [2.24, 2.45) is 5.41 Å². The monoisotopic (exact) mass is 554 g/mol. The predicted molar refractivity (Wildman–Crippen MR) is 181 cm³/mol. The summed E-state index contributed by atoms with van der Waals surface area (Å²) in [6.07, 6.45) is 25.5. The van der Waals surface area contributed by atoms with Crippen LogP contribution in [0.3, 0.4) is 0 Å². The minimum absolute atomic E-state index is 0.157. The van der Waals surface area contributed by atoms with E-state index in [1.807, 2.05) is 0 Å². The van der Waals surface area contributed by atoms with Crippen LogP contribution in [0, 0.1) is 5.41 Å². The fourth-order valence-electron chi connectivity index (χ4n) is 6.49. The van der Waals surface area contributed by atoms with Gasteiger partial charge in [-0.15, -0.1) is 0 Å². The lowest BCUT2D eigenvalue weighted by atomic mass is 9.69. The Bertz CT molecular complexity index is 992. The number of hydrogen-bond acceptors (Lipinski definition) is 2. The normalized spacial score (nSPS) is 11.6. The quantitative estimate of drug-likeness (QED) is 0.0958. The first-order valence-electron chi connectivity index (χ1n) is 16.8. The highest BCUT2D eigenvalue weighted by Gasteiger charge is 2.31. The van der Waals surface area contributed by atoms with Gasteiger partial charge in [-0.25, -0.2) is 0 Å². The molecular weight excluding hydrogens is 496 g/mol. The average Bonchev–Trinajstić information content (AvgIpc) is 2.98. The van der Waals surface area contributed by atoms with Gasteiger partial charge in [-0.05, 0) is 72.1 Å². The van der Waals surface area contributed by atoms with Crippen molar-refractivity contribution in [2.75, 3.05) is 11.5 Å². The zero-order valence-corrected chi connectivity index (χ0v) is 26.1. The Morgan fingerprint density at radius 1 is 0.415 bits per heavy atom. The van der Waals surface area contributed by atoms with Gasteiger partial charge in [-0.3, -0.25) is 0 Å². The van der Waals surface area contributed by atoms with Gasteiger partial charge in [0.05, 0.1) is 0 Å². The van der Waals surface area contributed by atoms with Crippen LogP contribution in [0.15, 0.2) is 78.9 Å². The third kappa shape index (κ3) is 13.6. The van der Waals surface area contributed by atoms with Gasteiger partial charge in [0.25, 0.3) is 0 Å². The van der Waals surface area contributed by atoms with Gasteiger partial charge >= 0.3 is 0 Å². The van der Waals surface area contributed by atoms with Gasteiger partial charge < -0.3 is 11.5 Å². The lowest BCUT2D eigenvalue weighted by Gasteiger charge is -2.35. The first-order chi connectivity index (χ1) is 20.1. The third-order valence-electron chi connectivity index (χ3n) is 8.85. The molecule has 0 aliphatic rings. The van der Waals surface area contributed by atoms with Gasteiger partial charge in [-0.2, -0.15) is 0 Å². The van der Waals surface area contributed by atoms with Crippen LogP contribution in [0.4, 0.5) is 11.4 Å². The van der Waals surface area contributed by atoms with E-state index in [2.05, 4.69) is 85.8 Å². The van der Waals surface area contributed by atoms with Crippen molar-refractivity contribution in [2.45, 2.75) is 129 Å². The maximum atomic E-state index is 6.04. The molecule has 0 saturated heterocycles. The summed E-state index contributed by atoms with van der Waals surface area (Å²) < 4.78 is 0. The number of anilines is 2. The van der Waals surface area contributed by atoms with Crippen LogP contribution in [-0.2, 0) is 19.3 Å². The summed E-state index contributed by atoms with van der Waals surface area (Å²) in [7, 11) is 0. The highest BCUT2D eigenvalue weighted by atomic mass is 14.5. The molecule has 2 nitrogen and oxygen atoms in total. The molecular formula is C39H58N2. The number of unbranched alkanes of at least 4 members (excludes halogenated alkanes) is 14. The fourth-order valence-corrected chi connectivity index (χ4v) is 6.49. The van der Waals surface area contributed by atoms with Crippen LogP contribution in [0.1, 0.15) is 126 Å². The number of hydrogen-bond donors (Lipinski definition) is 2. The summed E-state index contributed by atoms with van der Waals surface area (Å²) in [4.78, 5) is 0. The summed E-state index contributed by atoms with van der Waals surface area (Å²) >= 11 is 0. The second kappa shape index (κ2) is 19.4. The second-order valence-electron chi connectivity index (χ2n) is 12.7. The SMILES string of the molecule is CCCCCCCCCCCCCCCCCC(Cc1ccccc1)(Cc1ccc(N)cc1)Cc1ccc(N)cc1. The molecule has 0 saturated carbocycles. The molecule has 0 heterocycles. The van der Waals surface area contributed by atoms with Crippen molar-refractivity contribution >= 4 is 11.4 Å². The number of nitrogens with two attached hydrogens (primary N) is 2. The molecule has 3 aromatic rings. The first-order valence-corrected chi connectivity index (χ1v) is 16.8. The zero-order valence-electron chi connectivity index (χ0n) is 26.1. The van der Waals surface area contributed by atoms with E-state index in [0.717, 1.165) is 30.6 Å². The van der Waals surface area contributed by atoms with E-state index < -0.39 is 0 Å². The molecule has 0 fully saturated rings. The van der Waals surface area contributed by atoms with Gasteiger partial charge in [0, 0.05) is 11.4 Å². The Kier molecular flexibility index (Phi) is 15.5. The van der Waals surface area contributed by atoms with Crippen LogP contribution in [-0.4, -0.2) is 0 Å². The Morgan fingerprint density at radius 2 is 0.756 bits per heavy atom. The molecule has 0 aliphatic heterocycles. The molecule has 3 aromatic carbocycles. The topological polar surface area (TPSA) is 52.0 Å². The van der Waals surface area contributed by atoms with E-state index in [9.17, 15) is 0 Å². The van der Waals surface area contributed by atoms with Crippen LogP contribution in [0.25, 0.3) is 0 Å². The zero-order chi connectivity index (χ0) is 29.0. The minimum atomic E-state index is 0.157. The number of rotatable bonds is 22. The maximum Gasteiger partial charge on any atom is 0.0314 e. The summed E-state index contributed by atoms with van der Waals surface area (Å²) in [5.74, 6) is 0. The van der Waals surface area contributed by atoms with Crippen molar-refractivity contribution < 1.29 is 0 Å². The average molecular weight is 555 g/mol. The molecule has 0 bridgehead atoms. The predicted octanol–water partition coefficient (Wildman–Crippen LogP) is 11.1. The summed E-state index contributed by atoms with van der Waals surface area (Å²) in [6, 6.07) is 28.2. The van der Waals surface area contributed by atoms with Crippen molar-refractivity contribution in [1.82, 2.24) is 0 Å².